The van der Waals surface area contributed by atoms with Gasteiger partial charge in [0, 0.05) is 6.20 Å². The molecule has 0 aromatic rings. The lowest BCUT2D eigenvalue weighted by Gasteiger charge is -1.91. The summed E-state index contributed by atoms with van der Waals surface area (Å²) in [6, 6.07) is 0. The summed E-state index contributed by atoms with van der Waals surface area (Å²) in [7, 11) is 0. The Bertz CT molecular complexity index is 63.5. The van der Waals surface area contributed by atoms with Gasteiger partial charge in [-0.25, -0.2) is 0 Å². The zero-order chi connectivity index (χ0) is 4.24. The number of hydrogen-bond acceptors (Lipinski definition) is 2. The van der Waals surface area contributed by atoms with E-state index in [-0.39, 0.29) is 0 Å². The minimum absolute atomic E-state index is 1.62. The van der Waals surface area contributed by atoms with Crippen LogP contribution < -0.4 is 5.32 Å². The van der Waals surface area contributed by atoms with Crippen LogP contribution in [0.2, 0.25) is 0 Å². The van der Waals surface area contributed by atoms with Gasteiger partial charge in [-0.3, -0.25) is 4.99 Å². The molecule has 0 aromatic heterocycles. The summed E-state index contributed by atoms with van der Waals surface area (Å²) >= 11 is 0. The average Bonchev–Trinajstić information content (AvgIpc) is 1.72. The molecule has 1 heterocycles. The van der Waals surface area contributed by atoms with Crippen LogP contribution in [0.4, 0.5) is 0 Å². The summed E-state index contributed by atoms with van der Waals surface area (Å²) in [6.07, 6.45) is 5.27. The summed E-state index contributed by atoms with van der Waals surface area (Å²) in [5.74, 6) is 0. The first kappa shape index (κ1) is 3.40. The van der Waals surface area contributed by atoms with E-state index in [1.165, 1.54) is 0 Å². The molecule has 0 unspecified atom stereocenters. The lowest BCUT2D eigenvalue weighted by Crippen LogP contribution is -2.02. The van der Waals surface area contributed by atoms with Crippen molar-refractivity contribution in [2.75, 3.05) is 0 Å². The Labute approximate surface area is 36.6 Å². The highest BCUT2D eigenvalue weighted by atomic mass is 14.9. The second kappa shape index (κ2) is 1.60. The van der Waals surface area contributed by atoms with Gasteiger partial charge in [-0.1, -0.05) is 0 Å². The Morgan fingerprint density at radius 1 is 1.50 bits per heavy atom. The largest absolute Gasteiger partial charge is 0.353 e. The monoisotopic (exact) mass is 81.0 g/mol. The molecule has 1 radical (unpaired) electrons. The molecule has 1 N–H and O–H groups in total. The average molecular weight is 81.1 g/mol. The minimum atomic E-state index is 1.62. The van der Waals surface area contributed by atoms with Crippen molar-refractivity contribution in [3.05, 3.63) is 18.8 Å². The van der Waals surface area contributed by atoms with Crippen LogP contribution in [-0.4, -0.2) is 6.34 Å². The Kier molecular flexibility index (Phi) is 0.906. The van der Waals surface area contributed by atoms with Crippen molar-refractivity contribution in [1.29, 1.82) is 0 Å². The highest BCUT2D eigenvalue weighted by Gasteiger charge is 1.74. The Hall–Kier alpha value is -0.790. The van der Waals surface area contributed by atoms with Crippen LogP contribution in [0.5, 0.6) is 0 Å². The molecule has 0 spiro atoms. The molecule has 0 aromatic carbocycles. The zero-order valence-electron chi connectivity index (χ0n) is 3.26. The molecule has 0 saturated carbocycles. The lowest BCUT2D eigenvalue weighted by molar-refractivity contribution is 1.22. The molecule has 2 nitrogen and oxygen atoms in total. The molecule has 1 aliphatic rings. The van der Waals surface area contributed by atoms with Crippen molar-refractivity contribution in [2.24, 2.45) is 4.99 Å². The Balaban J connectivity index is 2.40. The molecular formula is C4H5N2. The fourth-order valence-corrected chi connectivity index (χ4v) is 0.277. The Morgan fingerprint density at radius 3 is 2.67 bits per heavy atom. The van der Waals surface area contributed by atoms with E-state index < -0.39 is 0 Å². The third kappa shape index (κ3) is 0.578. The molecular weight excluding hydrogens is 76.1 g/mol. The van der Waals surface area contributed by atoms with E-state index >= 15 is 0 Å². The van der Waals surface area contributed by atoms with Crippen LogP contribution >= 0.6 is 0 Å². The number of rotatable bonds is 0. The van der Waals surface area contributed by atoms with Gasteiger partial charge in [-0.2, -0.15) is 0 Å². The van der Waals surface area contributed by atoms with Crippen LogP contribution in [-0.2, 0) is 0 Å². The predicted octanol–water partition coefficient (Wildman–Crippen LogP) is 0.293. The van der Waals surface area contributed by atoms with Gasteiger partial charge in [0.2, 0.25) is 0 Å². The number of nitrogens with zero attached hydrogens (tertiary/aromatic N) is 1. The first-order valence-electron chi connectivity index (χ1n) is 1.76. The van der Waals surface area contributed by atoms with Gasteiger partial charge in [0.05, 0.1) is 12.9 Å². The van der Waals surface area contributed by atoms with Crippen LogP contribution in [0.15, 0.2) is 17.3 Å². The standard InChI is InChI=1S/C4H5N2/c1-2-5-4-6-3-1/h1-4H,(H,5,6). The third-order valence-corrected chi connectivity index (χ3v) is 0.514. The van der Waals surface area contributed by atoms with Crippen molar-refractivity contribution in [1.82, 2.24) is 5.32 Å². The number of nitrogens with one attached hydrogen (secondary N) is 1. The van der Waals surface area contributed by atoms with E-state index in [1.54, 1.807) is 12.9 Å². The maximum absolute atomic E-state index is 3.73. The molecule has 0 bridgehead atoms. The fraction of sp³-hybridized carbons (Fsp3) is 0. The van der Waals surface area contributed by atoms with Gasteiger partial charge in [-0.05, 0) is 6.08 Å². The quantitative estimate of drug-likeness (QED) is 0.445. The predicted molar refractivity (Wildman–Crippen MR) is 25.1 cm³/mol. The van der Waals surface area contributed by atoms with Crippen molar-refractivity contribution >= 4 is 6.34 Å². The van der Waals surface area contributed by atoms with Gasteiger partial charge >= 0.3 is 0 Å². The van der Waals surface area contributed by atoms with Crippen LogP contribution in [0, 0.1) is 6.54 Å². The number of aliphatic imine (C=N–C) groups is 1. The van der Waals surface area contributed by atoms with E-state index in [4.69, 9.17) is 0 Å². The van der Waals surface area contributed by atoms with Crippen molar-refractivity contribution in [2.45, 2.75) is 0 Å². The van der Waals surface area contributed by atoms with Gasteiger partial charge in [0.1, 0.15) is 0 Å². The molecule has 31 valence electrons. The molecule has 1 aliphatic heterocycles. The first-order chi connectivity index (χ1) is 3.00. The third-order valence-electron chi connectivity index (χ3n) is 0.514. The first-order valence-corrected chi connectivity index (χ1v) is 1.76. The molecule has 1 rings (SSSR count). The van der Waals surface area contributed by atoms with Gasteiger partial charge in [0.25, 0.3) is 0 Å². The maximum atomic E-state index is 3.73. The summed E-state index contributed by atoms with van der Waals surface area (Å²) in [6.45, 7) is 1.72. The van der Waals surface area contributed by atoms with Crippen LogP contribution in [0.3, 0.4) is 0 Å². The van der Waals surface area contributed by atoms with Crippen LogP contribution in [0.1, 0.15) is 0 Å². The highest BCUT2D eigenvalue weighted by molar-refractivity contribution is 5.58. The second-order valence-corrected chi connectivity index (χ2v) is 0.953. The normalized spacial score (nSPS) is 17.3. The zero-order valence-corrected chi connectivity index (χ0v) is 3.26. The fourth-order valence-electron chi connectivity index (χ4n) is 0.277. The van der Waals surface area contributed by atoms with Crippen LogP contribution in [0.25, 0.3) is 0 Å². The summed E-state index contributed by atoms with van der Waals surface area (Å²) < 4.78 is 0. The molecule has 0 amide bonds. The second-order valence-electron chi connectivity index (χ2n) is 0.953. The van der Waals surface area contributed by atoms with Crippen molar-refractivity contribution in [3.63, 3.8) is 0 Å². The van der Waals surface area contributed by atoms with E-state index in [1.807, 2.05) is 12.3 Å². The lowest BCUT2D eigenvalue weighted by atomic mass is 10.6. The molecule has 6 heavy (non-hydrogen) atoms. The van der Waals surface area contributed by atoms with Crippen molar-refractivity contribution < 1.29 is 0 Å². The molecule has 2 heteroatoms. The summed E-state index contributed by atoms with van der Waals surface area (Å²) in [5.41, 5.74) is 0. The van der Waals surface area contributed by atoms with Gasteiger partial charge < -0.3 is 5.32 Å². The SMILES string of the molecule is [CH]1C=CNC=N1. The molecule has 0 atom stereocenters. The minimum Gasteiger partial charge on any atom is -0.353 e. The number of hydrogen-bond donors (Lipinski definition) is 1. The summed E-state index contributed by atoms with van der Waals surface area (Å²) in [5, 5.41) is 2.78. The Morgan fingerprint density at radius 2 is 2.50 bits per heavy atom. The molecule has 0 aliphatic carbocycles. The smallest absolute Gasteiger partial charge is 0.0974 e. The maximum Gasteiger partial charge on any atom is 0.0974 e. The van der Waals surface area contributed by atoms with Crippen molar-refractivity contribution in [3.8, 4) is 0 Å². The molecule has 0 saturated heterocycles. The van der Waals surface area contributed by atoms with Gasteiger partial charge in [0.15, 0.2) is 0 Å². The van der Waals surface area contributed by atoms with Gasteiger partial charge in [-0.15, -0.1) is 0 Å². The topological polar surface area (TPSA) is 24.4 Å². The van der Waals surface area contributed by atoms with E-state index in [0.29, 0.717) is 0 Å². The highest BCUT2D eigenvalue weighted by Crippen LogP contribution is 1.81. The molecule has 0 fully saturated rings. The van der Waals surface area contributed by atoms with E-state index in [0.717, 1.165) is 0 Å². The summed E-state index contributed by atoms with van der Waals surface area (Å²) in [4.78, 5) is 3.73. The van der Waals surface area contributed by atoms with E-state index in [2.05, 4.69) is 10.3 Å². The van der Waals surface area contributed by atoms with E-state index in [9.17, 15) is 0 Å².